The number of halogens is 1. The molecule has 0 aromatic heterocycles. The zero-order valence-corrected chi connectivity index (χ0v) is 17.5. The quantitative estimate of drug-likeness (QED) is 0.764. The van der Waals surface area contributed by atoms with Crippen molar-refractivity contribution in [3.63, 3.8) is 0 Å². The molecule has 2 amide bonds. The molecule has 2 aliphatic rings. The first-order chi connectivity index (χ1) is 13.9. The average Bonchev–Trinajstić information content (AvgIpc) is 2.69. The number of rotatable bonds is 6. The second-order valence-corrected chi connectivity index (χ2v) is 8.55. The van der Waals surface area contributed by atoms with E-state index in [1.807, 2.05) is 0 Å². The van der Waals surface area contributed by atoms with Crippen LogP contribution in [0.1, 0.15) is 33.1 Å². The van der Waals surface area contributed by atoms with Crippen molar-refractivity contribution < 1.29 is 14.0 Å². The summed E-state index contributed by atoms with van der Waals surface area (Å²) in [6, 6.07) is 6.06. The monoisotopic (exact) mass is 404 g/mol. The fourth-order valence-corrected chi connectivity index (χ4v) is 4.28. The van der Waals surface area contributed by atoms with Gasteiger partial charge in [-0.15, -0.1) is 0 Å². The molecule has 1 aliphatic carbocycles. The highest BCUT2D eigenvalue weighted by Crippen LogP contribution is 2.29. The highest BCUT2D eigenvalue weighted by molar-refractivity contribution is 5.92. The van der Waals surface area contributed by atoms with E-state index in [2.05, 4.69) is 34.3 Å². The number of carbonyl (C=O) groups is 2. The lowest BCUT2D eigenvalue weighted by Crippen LogP contribution is -2.52. The van der Waals surface area contributed by atoms with Gasteiger partial charge in [-0.2, -0.15) is 0 Å². The van der Waals surface area contributed by atoms with Crippen LogP contribution >= 0.6 is 0 Å². The number of piperazine rings is 1. The van der Waals surface area contributed by atoms with Gasteiger partial charge >= 0.3 is 0 Å². The van der Waals surface area contributed by atoms with Crippen molar-refractivity contribution in [3.8, 4) is 0 Å². The maximum Gasteiger partial charge on any atom is 0.238 e. The Labute approximate surface area is 172 Å². The molecule has 1 aromatic rings. The van der Waals surface area contributed by atoms with Crippen LogP contribution in [0.4, 0.5) is 10.1 Å². The molecule has 2 N–H and O–H groups in total. The van der Waals surface area contributed by atoms with E-state index < -0.39 is 0 Å². The van der Waals surface area contributed by atoms with Crippen LogP contribution in [-0.4, -0.2) is 66.9 Å². The SMILES string of the molecule is C[C@H]1[C@H](C)CCC[C@@H]1NC(=O)CN1CCN(CC(=O)Nc2ccc(F)cc2)CC1. The van der Waals surface area contributed by atoms with Gasteiger partial charge in [-0.25, -0.2) is 4.39 Å². The lowest BCUT2D eigenvalue weighted by molar-refractivity contribution is -0.124. The minimum Gasteiger partial charge on any atom is -0.352 e. The van der Waals surface area contributed by atoms with E-state index in [0.717, 1.165) is 32.6 Å². The second-order valence-electron chi connectivity index (χ2n) is 8.55. The van der Waals surface area contributed by atoms with Gasteiger partial charge in [0, 0.05) is 37.9 Å². The van der Waals surface area contributed by atoms with Crippen LogP contribution in [0.15, 0.2) is 24.3 Å². The second kappa shape index (κ2) is 10.2. The molecule has 1 aliphatic heterocycles. The summed E-state index contributed by atoms with van der Waals surface area (Å²) in [5.41, 5.74) is 0.595. The van der Waals surface area contributed by atoms with Crippen molar-refractivity contribution in [1.82, 2.24) is 15.1 Å². The minimum atomic E-state index is -0.324. The van der Waals surface area contributed by atoms with Crippen molar-refractivity contribution in [2.24, 2.45) is 11.8 Å². The van der Waals surface area contributed by atoms with Crippen LogP contribution in [0.25, 0.3) is 0 Å². The van der Waals surface area contributed by atoms with Crippen LogP contribution < -0.4 is 10.6 Å². The van der Waals surface area contributed by atoms with Gasteiger partial charge in [-0.1, -0.05) is 26.7 Å². The lowest BCUT2D eigenvalue weighted by Gasteiger charge is -2.36. The number of nitrogens with one attached hydrogen (secondary N) is 2. The Morgan fingerprint density at radius 1 is 0.966 bits per heavy atom. The first kappa shape index (κ1) is 21.7. The summed E-state index contributed by atoms with van der Waals surface area (Å²) in [7, 11) is 0. The number of amides is 2. The summed E-state index contributed by atoms with van der Waals surface area (Å²) in [5.74, 6) is 0.875. The molecular formula is C22H33FN4O2. The summed E-state index contributed by atoms with van der Waals surface area (Å²) in [4.78, 5) is 28.9. The molecular weight excluding hydrogens is 371 g/mol. The van der Waals surface area contributed by atoms with Gasteiger partial charge < -0.3 is 10.6 Å². The van der Waals surface area contributed by atoms with Crippen molar-refractivity contribution in [2.45, 2.75) is 39.2 Å². The molecule has 1 saturated heterocycles. The Balaban J connectivity index is 1.36. The van der Waals surface area contributed by atoms with E-state index in [1.54, 1.807) is 12.1 Å². The molecule has 1 heterocycles. The molecule has 7 heteroatoms. The Hall–Kier alpha value is -1.99. The molecule has 0 unspecified atom stereocenters. The Kier molecular flexibility index (Phi) is 7.61. The van der Waals surface area contributed by atoms with E-state index in [0.29, 0.717) is 36.7 Å². The minimum absolute atomic E-state index is 0.108. The molecule has 29 heavy (non-hydrogen) atoms. The predicted molar refractivity (Wildman–Crippen MR) is 112 cm³/mol. The third kappa shape index (κ3) is 6.51. The summed E-state index contributed by atoms with van der Waals surface area (Å²) in [6.07, 6.45) is 3.52. The smallest absolute Gasteiger partial charge is 0.238 e. The number of benzene rings is 1. The number of anilines is 1. The largest absolute Gasteiger partial charge is 0.352 e. The van der Waals surface area contributed by atoms with E-state index >= 15 is 0 Å². The number of hydrogen-bond acceptors (Lipinski definition) is 4. The molecule has 1 aromatic carbocycles. The third-order valence-electron chi connectivity index (χ3n) is 6.38. The van der Waals surface area contributed by atoms with Gasteiger partial charge in [-0.3, -0.25) is 19.4 Å². The third-order valence-corrected chi connectivity index (χ3v) is 6.38. The molecule has 1 saturated carbocycles. The molecule has 0 radical (unpaired) electrons. The maximum atomic E-state index is 12.9. The van der Waals surface area contributed by atoms with E-state index in [-0.39, 0.29) is 17.6 Å². The topological polar surface area (TPSA) is 64.7 Å². The Morgan fingerprint density at radius 2 is 1.55 bits per heavy atom. The summed E-state index contributed by atoms with van der Waals surface area (Å²) < 4.78 is 12.9. The molecule has 2 fully saturated rings. The van der Waals surface area contributed by atoms with E-state index in [9.17, 15) is 14.0 Å². The number of carbonyl (C=O) groups excluding carboxylic acids is 2. The van der Waals surface area contributed by atoms with Crippen LogP contribution in [0, 0.1) is 17.7 Å². The van der Waals surface area contributed by atoms with Crippen molar-refractivity contribution in [3.05, 3.63) is 30.1 Å². The van der Waals surface area contributed by atoms with Crippen LogP contribution in [0.5, 0.6) is 0 Å². The van der Waals surface area contributed by atoms with Gasteiger partial charge in [0.05, 0.1) is 13.1 Å². The standard InChI is InChI=1S/C22H33FN4O2/c1-16-4-3-5-20(17(16)2)25-22(29)15-27-12-10-26(11-13-27)14-21(28)24-19-8-6-18(23)7-9-19/h6-9,16-17,20H,3-5,10-15H2,1-2H3,(H,24,28)(H,25,29)/t16-,17+,20+/m1/s1. The molecule has 160 valence electrons. The van der Waals surface area contributed by atoms with Crippen molar-refractivity contribution in [1.29, 1.82) is 0 Å². The summed E-state index contributed by atoms with van der Waals surface area (Å²) >= 11 is 0. The molecule has 3 atom stereocenters. The normalized spacial score (nSPS) is 26.1. The highest BCUT2D eigenvalue weighted by Gasteiger charge is 2.29. The first-order valence-corrected chi connectivity index (χ1v) is 10.7. The zero-order chi connectivity index (χ0) is 20.8. The zero-order valence-electron chi connectivity index (χ0n) is 17.5. The predicted octanol–water partition coefficient (Wildman–Crippen LogP) is 2.32. The van der Waals surface area contributed by atoms with Gasteiger partial charge in [0.15, 0.2) is 0 Å². The van der Waals surface area contributed by atoms with Crippen LogP contribution in [-0.2, 0) is 9.59 Å². The van der Waals surface area contributed by atoms with Crippen molar-refractivity contribution >= 4 is 17.5 Å². The van der Waals surface area contributed by atoms with Crippen LogP contribution in [0.2, 0.25) is 0 Å². The van der Waals surface area contributed by atoms with Gasteiger partial charge in [0.2, 0.25) is 11.8 Å². The Morgan fingerprint density at radius 3 is 2.17 bits per heavy atom. The lowest BCUT2D eigenvalue weighted by atomic mass is 9.78. The molecule has 3 rings (SSSR count). The van der Waals surface area contributed by atoms with Gasteiger partial charge in [-0.05, 0) is 42.5 Å². The molecule has 0 spiro atoms. The van der Waals surface area contributed by atoms with Crippen LogP contribution in [0.3, 0.4) is 0 Å². The Bertz CT molecular complexity index is 689. The summed E-state index contributed by atoms with van der Waals surface area (Å²) in [5, 5.41) is 6.02. The summed E-state index contributed by atoms with van der Waals surface area (Å²) in [6.45, 7) is 8.28. The van der Waals surface area contributed by atoms with Crippen molar-refractivity contribution in [2.75, 3.05) is 44.6 Å². The average molecular weight is 405 g/mol. The fraction of sp³-hybridized carbons (Fsp3) is 0.636. The van der Waals surface area contributed by atoms with E-state index in [4.69, 9.17) is 0 Å². The maximum absolute atomic E-state index is 12.9. The fourth-order valence-electron chi connectivity index (χ4n) is 4.28. The first-order valence-electron chi connectivity index (χ1n) is 10.7. The van der Waals surface area contributed by atoms with Gasteiger partial charge in [0.25, 0.3) is 0 Å². The van der Waals surface area contributed by atoms with Gasteiger partial charge in [0.1, 0.15) is 5.82 Å². The highest BCUT2D eigenvalue weighted by atomic mass is 19.1. The molecule has 6 nitrogen and oxygen atoms in total. The number of hydrogen-bond donors (Lipinski definition) is 2. The molecule has 0 bridgehead atoms. The van der Waals surface area contributed by atoms with E-state index in [1.165, 1.54) is 25.0 Å². The number of nitrogens with zero attached hydrogens (tertiary/aromatic N) is 2.